The van der Waals surface area contributed by atoms with E-state index in [-0.39, 0.29) is 11.8 Å². The maximum atomic E-state index is 13.0. The van der Waals surface area contributed by atoms with Gasteiger partial charge in [-0.25, -0.2) is 0 Å². The van der Waals surface area contributed by atoms with E-state index in [4.69, 9.17) is 0 Å². The number of alkyl halides is 3. The SMILES string of the molecule is CCC(CC)C(C(CC)CC)C(F)(F)F. The minimum Gasteiger partial charge on any atom is -0.171 e. The molecule has 0 bridgehead atoms. The van der Waals surface area contributed by atoms with Crippen molar-refractivity contribution in [3.63, 3.8) is 0 Å². The van der Waals surface area contributed by atoms with Crippen molar-refractivity contribution < 1.29 is 13.2 Å². The fraction of sp³-hybridized carbons (Fsp3) is 1.00. The molecule has 0 saturated heterocycles. The van der Waals surface area contributed by atoms with Gasteiger partial charge in [-0.05, 0) is 11.8 Å². The van der Waals surface area contributed by atoms with Crippen LogP contribution in [0.3, 0.4) is 0 Å². The third-order valence-electron chi connectivity index (χ3n) is 3.49. The highest BCUT2D eigenvalue weighted by Crippen LogP contribution is 2.42. The molecule has 0 atom stereocenters. The third kappa shape index (κ3) is 4.04. The van der Waals surface area contributed by atoms with Gasteiger partial charge in [-0.15, -0.1) is 0 Å². The smallest absolute Gasteiger partial charge is 0.171 e. The van der Waals surface area contributed by atoms with Gasteiger partial charge < -0.3 is 0 Å². The van der Waals surface area contributed by atoms with Crippen molar-refractivity contribution in [3.05, 3.63) is 0 Å². The molecule has 0 fully saturated rings. The van der Waals surface area contributed by atoms with Crippen LogP contribution >= 0.6 is 0 Å². The molecular weight excluding hydrogens is 201 g/mol. The second-order valence-electron chi connectivity index (χ2n) is 4.22. The highest BCUT2D eigenvalue weighted by Gasteiger charge is 2.46. The minimum atomic E-state index is -4.03. The van der Waals surface area contributed by atoms with E-state index in [9.17, 15) is 13.2 Å². The van der Waals surface area contributed by atoms with Crippen LogP contribution in [-0.4, -0.2) is 6.18 Å². The summed E-state index contributed by atoms with van der Waals surface area (Å²) in [6, 6.07) is 0. The zero-order valence-corrected chi connectivity index (χ0v) is 10.2. The first kappa shape index (κ1) is 14.8. The summed E-state index contributed by atoms with van der Waals surface area (Å²) in [5.74, 6) is -1.53. The Balaban J connectivity index is 4.85. The Kier molecular flexibility index (Phi) is 6.30. The molecule has 0 rings (SSSR count). The van der Waals surface area contributed by atoms with E-state index in [0.717, 1.165) is 0 Å². The van der Waals surface area contributed by atoms with E-state index in [1.54, 1.807) is 0 Å². The molecule has 0 nitrogen and oxygen atoms in total. The molecule has 92 valence electrons. The maximum Gasteiger partial charge on any atom is 0.392 e. The van der Waals surface area contributed by atoms with Gasteiger partial charge >= 0.3 is 6.18 Å². The number of halogens is 3. The van der Waals surface area contributed by atoms with E-state index in [1.807, 2.05) is 27.7 Å². The summed E-state index contributed by atoms with van der Waals surface area (Å²) in [5.41, 5.74) is 0. The van der Waals surface area contributed by atoms with Gasteiger partial charge in [0.25, 0.3) is 0 Å². The van der Waals surface area contributed by atoms with Gasteiger partial charge in [-0.3, -0.25) is 0 Å². The average molecular weight is 224 g/mol. The lowest BCUT2D eigenvalue weighted by atomic mass is 9.76. The standard InChI is InChI=1S/C12H23F3/c1-5-9(6-2)11(12(13,14)15)10(7-3)8-4/h9-11H,5-8H2,1-4H3. The third-order valence-corrected chi connectivity index (χ3v) is 3.49. The zero-order valence-electron chi connectivity index (χ0n) is 10.2. The fourth-order valence-corrected chi connectivity index (χ4v) is 2.51. The molecule has 0 aromatic rings. The predicted molar refractivity (Wildman–Crippen MR) is 57.7 cm³/mol. The van der Waals surface area contributed by atoms with Crippen LogP contribution in [0.25, 0.3) is 0 Å². The van der Waals surface area contributed by atoms with Gasteiger partial charge in [-0.2, -0.15) is 13.2 Å². The quantitative estimate of drug-likeness (QED) is 0.593. The zero-order chi connectivity index (χ0) is 12.1. The summed E-state index contributed by atoms with van der Waals surface area (Å²) in [6.07, 6.45) is -1.55. The van der Waals surface area contributed by atoms with Crippen molar-refractivity contribution in [2.24, 2.45) is 17.8 Å². The minimum absolute atomic E-state index is 0.213. The lowest BCUT2D eigenvalue weighted by Crippen LogP contribution is -2.36. The first-order valence-corrected chi connectivity index (χ1v) is 5.98. The van der Waals surface area contributed by atoms with Gasteiger partial charge in [0.2, 0.25) is 0 Å². The molecule has 0 N–H and O–H groups in total. The molecule has 0 heterocycles. The Hall–Kier alpha value is -0.210. The second-order valence-corrected chi connectivity index (χ2v) is 4.22. The topological polar surface area (TPSA) is 0 Å². The lowest BCUT2D eigenvalue weighted by molar-refractivity contribution is -0.206. The lowest BCUT2D eigenvalue weighted by Gasteiger charge is -2.33. The van der Waals surface area contributed by atoms with Crippen molar-refractivity contribution in [3.8, 4) is 0 Å². The molecule has 0 amide bonds. The van der Waals surface area contributed by atoms with Crippen molar-refractivity contribution in [2.75, 3.05) is 0 Å². The number of rotatable bonds is 6. The van der Waals surface area contributed by atoms with E-state index < -0.39 is 12.1 Å². The Labute approximate surface area is 91.3 Å². The molecule has 0 spiro atoms. The fourth-order valence-electron chi connectivity index (χ4n) is 2.51. The highest BCUT2D eigenvalue weighted by atomic mass is 19.4. The van der Waals surface area contributed by atoms with Crippen LogP contribution < -0.4 is 0 Å². The average Bonchev–Trinajstić information content (AvgIpc) is 2.17. The molecule has 3 heteroatoms. The van der Waals surface area contributed by atoms with Crippen molar-refractivity contribution in [1.82, 2.24) is 0 Å². The van der Waals surface area contributed by atoms with Gasteiger partial charge in [-0.1, -0.05) is 53.4 Å². The van der Waals surface area contributed by atoms with Gasteiger partial charge in [0.1, 0.15) is 0 Å². The summed E-state index contributed by atoms with van der Waals surface area (Å²) in [4.78, 5) is 0. The maximum absolute atomic E-state index is 13.0. The molecule has 15 heavy (non-hydrogen) atoms. The molecule has 0 aliphatic heterocycles. The summed E-state index contributed by atoms with van der Waals surface area (Å²) in [5, 5.41) is 0. The van der Waals surface area contributed by atoms with E-state index in [0.29, 0.717) is 25.7 Å². The molecule has 0 aromatic carbocycles. The van der Waals surface area contributed by atoms with E-state index >= 15 is 0 Å². The summed E-state index contributed by atoms with van der Waals surface area (Å²) in [6.45, 7) is 7.43. The van der Waals surface area contributed by atoms with E-state index in [1.165, 1.54) is 0 Å². The summed E-state index contributed by atoms with van der Waals surface area (Å²) >= 11 is 0. The second kappa shape index (κ2) is 6.39. The Morgan fingerprint density at radius 3 is 1.13 bits per heavy atom. The monoisotopic (exact) mass is 224 g/mol. The van der Waals surface area contributed by atoms with Gasteiger partial charge in [0, 0.05) is 0 Å². The van der Waals surface area contributed by atoms with Gasteiger partial charge in [0.15, 0.2) is 0 Å². The molecule has 0 saturated carbocycles. The number of hydrogen-bond acceptors (Lipinski definition) is 0. The van der Waals surface area contributed by atoms with E-state index in [2.05, 4.69) is 0 Å². The van der Waals surface area contributed by atoms with Crippen LogP contribution in [0, 0.1) is 17.8 Å². The van der Waals surface area contributed by atoms with Crippen LogP contribution in [0.1, 0.15) is 53.4 Å². The Bertz CT molecular complexity index is 143. The Morgan fingerprint density at radius 2 is 1.00 bits per heavy atom. The number of hydrogen-bond donors (Lipinski definition) is 0. The summed E-state index contributed by atoms with van der Waals surface area (Å²) < 4.78 is 38.9. The molecule has 0 aliphatic carbocycles. The van der Waals surface area contributed by atoms with Crippen LogP contribution in [-0.2, 0) is 0 Å². The predicted octanol–water partition coefficient (Wildman–Crippen LogP) is 5.04. The molecule has 0 unspecified atom stereocenters. The van der Waals surface area contributed by atoms with Gasteiger partial charge in [0.05, 0.1) is 5.92 Å². The first-order valence-electron chi connectivity index (χ1n) is 5.98. The normalized spacial score (nSPS) is 13.2. The van der Waals surface area contributed by atoms with Crippen molar-refractivity contribution in [1.29, 1.82) is 0 Å². The van der Waals surface area contributed by atoms with Crippen LogP contribution in [0.5, 0.6) is 0 Å². The van der Waals surface area contributed by atoms with Crippen LogP contribution in [0.2, 0.25) is 0 Å². The molecular formula is C12H23F3. The Morgan fingerprint density at radius 1 is 0.733 bits per heavy atom. The summed E-state index contributed by atoms with van der Waals surface area (Å²) in [7, 11) is 0. The molecule has 0 aromatic heterocycles. The van der Waals surface area contributed by atoms with Crippen LogP contribution in [0.15, 0.2) is 0 Å². The van der Waals surface area contributed by atoms with Crippen molar-refractivity contribution in [2.45, 2.75) is 59.6 Å². The molecule has 0 radical (unpaired) electrons. The highest BCUT2D eigenvalue weighted by molar-refractivity contribution is 4.80. The van der Waals surface area contributed by atoms with Crippen LogP contribution in [0.4, 0.5) is 13.2 Å². The van der Waals surface area contributed by atoms with Crippen molar-refractivity contribution >= 4 is 0 Å². The first-order chi connectivity index (χ1) is 6.92. The largest absolute Gasteiger partial charge is 0.392 e. The molecule has 0 aliphatic rings.